The maximum absolute atomic E-state index is 12.8. The van der Waals surface area contributed by atoms with Gasteiger partial charge < -0.3 is 19.5 Å². The molecule has 0 spiro atoms. The summed E-state index contributed by atoms with van der Waals surface area (Å²) in [5, 5.41) is 9.65. The zero-order chi connectivity index (χ0) is 17.3. The first-order valence-corrected chi connectivity index (χ1v) is 8.35. The SMILES string of the molecule is CCOc1ccc(C(=O)N2C[C@@H]3CCC[C@@]3(C(=O)O)C2)cc1OC. The summed E-state index contributed by atoms with van der Waals surface area (Å²) in [6, 6.07) is 5.09. The molecule has 2 atom stereocenters. The Morgan fingerprint density at radius 2 is 2.17 bits per heavy atom. The number of amides is 1. The van der Waals surface area contributed by atoms with Gasteiger partial charge in [0.25, 0.3) is 5.91 Å². The highest BCUT2D eigenvalue weighted by molar-refractivity contribution is 5.96. The number of benzene rings is 1. The second-order valence-electron chi connectivity index (χ2n) is 6.53. The zero-order valence-corrected chi connectivity index (χ0v) is 14.1. The molecular formula is C18H23NO5. The summed E-state index contributed by atoms with van der Waals surface area (Å²) in [5.74, 6) is 0.242. The van der Waals surface area contributed by atoms with Crippen molar-refractivity contribution < 1.29 is 24.2 Å². The summed E-state index contributed by atoms with van der Waals surface area (Å²) >= 11 is 0. The number of likely N-dealkylation sites (tertiary alicyclic amines) is 1. The van der Waals surface area contributed by atoms with Gasteiger partial charge in [-0.3, -0.25) is 9.59 Å². The minimum absolute atomic E-state index is 0.0588. The van der Waals surface area contributed by atoms with E-state index in [0.29, 0.717) is 43.2 Å². The lowest BCUT2D eigenvalue weighted by Gasteiger charge is -2.23. The Morgan fingerprint density at radius 3 is 2.79 bits per heavy atom. The molecule has 24 heavy (non-hydrogen) atoms. The minimum atomic E-state index is -0.774. The average molecular weight is 333 g/mol. The molecule has 2 aliphatic rings. The normalized spacial score (nSPS) is 25.4. The fourth-order valence-corrected chi connectivity index (χ4v) is 4.05. The van der Waals surface area contributed by atoms with E-state index in [1.807, 2.05) is 6.92 Å². The number of carbonyl (C=O) groups is 2. The van der Waals surface area contributed by atoms with Gasteiger partial charge in [0.15, 0.2) is 11.5 Å². The number of hydrogen-bond acceptors (Lipinski definition) is 4. The van der Waals surface area contributed by atoms with E-state index >= 15 is 0 Å². The van der Waals surface area contributed by atoms with Gasteiger partial charge in [0.05, 0.1) is 19.1 Å². The molecule has 1 heterocycles. The fraction of sp³-hybridized carbons (Fsp3) is 0.556. The molecule has 0 radical (unpaired) electrons. The summed E-state index contributed by atoms with van der Waals surface area (Å²) in [4.78, 5) is 26.2. The molecule has 6 nitrogen and oxygen atoms in total. The van der Waals surface area contributed by atoms with Crippen molar-refractivity contribution in [2.75, 3.05) is 26.8 Å². The van der Waals surface area contributed by atoms with Crippen LogP contribution in [-0.4, -0.2) is 48.7 Å². The van der Waals surface area contributed by atoms with Crippen molar-refractivity contribution in [3.8, 4) is 11.5 Å². The van der Waals surface area contributed by atoms with E-state index < -0.39 is 11.4 Å². The number of carbonyl (C=O) groups excluding carboxylic acids is 1. The maximum atomic E-state index is 12.8. The number of aliphatic carboxylic acids is 1. The third kappa shape index (κ3) is 2.60. The molecule has 2 fully saturated rings. The van der Waals surface area contributed by atoms with Gasteiger partial charge in [-0.1, -0.05) is 6.42 Å². The van der Waals surface area contributed by atoms with Gasteiger partial charge in [-0.05, 0) is 43.9 Å². The molecule has 1 aliphatic carbocycles. The first-order valence-electron chi connectivity index (χ1n) is 8.35. The monoisotopic (exact) mass is 333 g/mol. The van der Waals surface area contributed by atoms with Crippen LogP contribution >= 0.6 is 0 Å². The predicted molar refractivity (Wildman–Crippen MR) is 87.5 cm³/mol. The van der Waals surface area contributed by atoms with E-state index in [9.17, 15) is 14.7 Å². The summed E-state index contributed by atoms with van der Waals surface area (Å²) in [7, 11) is 1.53. The van der Waals surface area contributed by atoms with Gasteiger partial charge in [0, 0.05) is 18.7 Å². The molecule has 130 valence electrons. The van der Waals surface area contributed by atoms with E-state index in [-0.39, 0.29) is 11.8 Å². The number of carboxylic acid groups (broad SMARTS) is 1. The highest BCUT2D eigenvalue weighted by Crippen LogP contribution is 2.49. The van der Waals surface area contributed by atoms with Crippen molar-refractivity contribution in [3.05, 3.63) is 23.8 Å². The maximum Gasteiger partial charge on any atom is 0.311 e. The molecule has 0 unspecified atom stereocenters. The van der Waals surface area contributed by atoms with E-state index in [4.69, 9.17) is 9.47 Å². The Kier molecular flexibility index (Phi) is 4.39. The molecule has 0 aromatic heterocycles. The van der Waals surface area contributed by atoms with Crippen molar-refractivity contribution in [1.82, 2.24) is 4.90 Å². The molecule has 3 rings (SSSR count). The van der Waals surface area contributed by atoms with Gasteiger partial charge in [-0.15, -0.1) is 0 Å². The number of hydrogen-bond donors (Lipinski definition) is 1. The Balaban J connectivity index is 1.82. The van der Waals surface area contributed by atoms with Crippen LogP contribution < -0.4 is 9.47 Å². The van der Waals surface area contributed by atoms with Crippen LogP contribution in [0.5, 0.6) is 11.5 Å². The average Bonchev–Trinajstić information content (AvgIpc) is 3.13. The van der Waals surface area contributed by atoms with E-state index in [1.54, 1.807) is 23.1 Å². The third-order valence-corrected chi connectivity index (χ3v) is 5.29. The Labute approximate surface area is 141 Å². The van der Waals surface area contributed by atoms with Crippen molar-refractivity contribution in [2.45, 2.75) is 26.2 Å². The minimum Gasteiger partial charge on any atom is -0.493 e. The second kappa shape index (κ2) is 6.34. The number of nitrogens with zero attached hydrogens (tertiary/aromatic N) is 1. The van der Waals surface area contributed by atoms with Crippen LogP contribution in [0.2, 0.25) is 0 Å². The lowest BCUT2D eigenvalue weighted by atomic mass is 9.81. The van der Waals surface area contributed by atoms with Crippen LogP contribution in [0.1, 0.15) is 36.5 Å². The van der Waals surface area contributed by atoms with Crippen LogP contribution in [0.15, 0.2) is 18.2 Å². The van der Waals surface area contributed by atoms with E-state index in [1.165, 1.54) is 7.11 Å². The van der Waals surface area contributed by atoms with Crippen molar-refractivity contribution in [3.63, 3.8) is 0 Å². The molecule has 1 aromatic carbocycles. The van der Waals surface area contributed by atoms with E-state index in [2.05, 4.69) is 0 Å². The molecule has 1 N–H and O–H groups in total. The number of ether oxygens (including phenoxy) is 2. The van der Waals surface area contributed by atoms with Crippen molar-refractivity contribution in [2.24, 2.45) is 11.3 Å². The predicted octanol–water partition coefficient (Wildman–Crippen LogP) is 2.42. The number of rotatable bonds is 5. The Bertz CT molecular complexity index is 659. The molecular weight excluding hydrogens is 310 g/mol. The van der Waals surface area contributed by atoms with Crippen LogP contribution in [-0.2, 0) is 4.79 Å². The van der Waals surface area contributed by atoms with Crippen LogP contribution in [0.3, 0.4) is 0 Å². The number of fused-ring (bicyclic) bond motifs is 1. The standard InChI is InChI=1S/C18H23NO5/c1-3-24-14-7-6-12(9-15(14)23-2)16(20)19-10-13-5-4-8-18(13,11-19)17(21)22/h6-7,9,13H,3-5,8,10-11H2,1-2H3,(H,21,22)/t13-,18+/m0/s1. The first-order chi connectivity index (χ1) is 11.5. The van der Waals surface area contributed by atoms with Gasteiger partial charge in [-0.25, -0.2) is 0 Å². The summed E-state index contributed by atoms with van der Waals surface area (Å²) < 4.78 is 10.8. The first kappa shape index (κ1) is 16.6. The Hall–Kier alpha value is -2.24. The lowest BCUT2D eigenvalue weighted by Crippen LogP contribution is -2.37. The van der Waals surface area contributed by atoms with Gasteiger partial charge in [-0.2, -0.15) is 0 Å². The smallest absolute Gasteiger partial charge is 0.311 e. The largest absolute Gasteiger partial charge is 0.493 e. The summed E-state index contributed by atoms with van der Waals surface area (Å²) in [6.07, 6.45) is 2.46. The Morgan fingerprint density at radius 1 is 1.38 bits per heavy atom. The molecule has 0 bridgehead atoms. The molecule has 1 aromatic rings. The van der Waals surface area contributed by atoms with Crippen molar-refractivity contribution in [1.29, 1.82) is 0 Å². The highest BCUT2D eigenvalue weighted by Gasteiger charge is 2.55. The van der Waals surface area contributed by atoms with Crippen LogP contribution in [0.25, 0.3) is 0 Å². The van der Waals surface area contributed by atoms with Gasteiger partial charge in [0.2, 0.25) is 0 Å². The quantitative estimate of drug-likeness (QED) is 0.895. The molecule has 1 saturated heterocycles. The van der Waals surface area contributed by atoms with E-state index in [0.717, 1.165) is 12.8 Å². The topological polar surface area (TPSA) is 76.1 Å². The second-order valence-corrected chi connectivity index (χ2v) is 6.53. The molecule has 1 aliphatic heterocycles. The molecule has 6 heteroatoms. The number of methoxy groups -OCH3 is 1. The number of carboxylic acids is 1. The van der Waals surface area contributed by atoms with Crippen molar-refractivity contribution >= 4 is 11.9 Å². The van der Waals surface area contributed by atoms with Crippen LogP contribution in [0, 0.1) is 11.3 Å². The summed E-state index contributed by atoms with van der Waals surface area (Å²) in [5.41, 5.74) is -0.263. The van der Waals surface area contributed by atoms with Gasteiger partial charge >= 0.3 is 5.97 Å². The molecule has 1 amide bonds. The fourth-order valence-electron chi connectivity index (χ4n) is 4.05. The van der Waals surface area contributed by atoms with Crippen LogP contribution in [0.4, 0.5) is 0 Å². The molecule has 1 saturated carbocycles. The third-order valence-electron chi connectivity index (χ3n) is 5.29. The zero-order valence-electron chi connectivity index (χ0n) is 14.1. The van der Waals surface area contributed by atoms with Gasteiger partial charge in [0.1, 0.15) is 0 Å². The lowest BCUT2D eigenvalue weighted by molar-refractivity contribution is -0.149. The highest BCUT2D eigenvalue weighted by atomic mass is 16.5. The summed E-state index contributed by atoms with van der Waals surface area (Å²) in [6.45, 7) is 3.20.